The number of rotatable bonds is 3. The smallest absolute Gasteiger partial charge is 0.349 e. The first-order chi connectivity index (χ1) is 16.6. The van der Waals surface area contributed by atoms with E-state index in [0.717, 1.165) is 18.0 Å². The second-order valence-electron chi connectivity index (χ2n) is 7.96. The molecular weight excluding hydrogens is 485 g/mol. The van der Waals surface area contributed by atoms with Crippen molar-refractivity contribution in [1.82, 2.24) is 28.9 Å². The van der Waals surface area contributed by atoms with Gasteiger partial charge in [-0.25, -0.2) is 0 Å². The third kappa shape index (κ3) is 3.73. The Balaban J connectivity index is 1.84. The zero-order chi connectivity index (χ0) is 25.1. The molecule has 0 aliphatic heterocycles. The van der Waals surface area contributed by atoms with Gasteiger partial charge in [-0.1, -0.05) is 17.7 Å². The number of H-pyrrole nitrogens is 1. The Hall–Kier alpha value is -4.12. The number of fused-ring (bicyclic) bond motifs is 1. The molecule has 0 saturated carbocycles. The Morgan fingerprint density at radius 3 is 2.37 bits per heavy atom. The largest absolute Gasteiger partial charge is 0.504 e. The van der Waals surface area contributed by atoms with Crippen LogP contribution >= 0.6 is 11.6 Å². The lowest BCUT2D eigenvalue weighted by Crippen LogP contribution is -2.18. The van der Waals surface area contributed by atoms with E-state index in [2.05, 4.69) is 15.1 Å². The van der Waals surface area contributed by atoms with Crippen LogP contribution in [0.2, 0.25) is 5.02 Å². The monoisotopic (exact) mass is 500 g/mol. The number of aromatic amines is 1. The molecular formula is C23H16ClF3N6O2. The molecule has 0 aliphatic carbocycles. The molecule has 0 radical (unpaired) electrons. The predicted molar refractivity (Wildman–Crippen MR) is 125 cm³/mol. The highest BCUT2D eigenvalue weighted by atomic mass is 35.5. The molecule has 0 fully saturated rings. The van der Waals surface area contributed by atoms with Gasteiger partial charge in [-0.05, 0) is 11.6 Å². The molecule has 0 aliphatic rings. The van der Waals surface area contributed by atoms with Crippen molar-refractivity contribution in [3.8, 4) is 33.5 Å². The maximum absolute atomic E-state index is 13.1. The van der Waals surface area contributed by atoms with Crippen LogP contribution in [-0.2, 0) is 20.4 Å². The molecule has 0 saturated heterocycles. The molecule has 0 aromatic carbocycles. The maximum atomic E-state index is 13.1. The number of alkyl halides is 3. The highest BCUT2D eigenvalue weighted by molar-refractivity contribution is 6.39. The van der Waals surface area contributed by atoms with Crippen LogP contribution in [0.25, 0.3) is 44.4 Å². The van der Waals surface area contributed by atoms with Crippen molar-refractivity contribution < 1.29 is 13.2 Å². The van der Waals surface area contributed by atoms with Crippen molar-refractivity contribution in [2.24, 2.45) is 14.1 Å². The van der Waals surface area contributed by atoms with E-state index in [0.29, 0.717) is 16.7 Å². The molecule has 0 unspecified atom stereocenters. The van der Waals surface area contributed by atoms with Gasteiger partial charge in [0, 0.05) is 78.8 Å². The topological polar surface area (TPSA) is 90.5 Å². The SMILES string of the molecule is Cn1cc(-c2cccnc2)c(-c2cn(C)c(=O)c3[nH]c(-c4cnn(C(F)(F)F)c4)c(Cl)c23)cc1=O. The number of hydrogen-bond donors (Lipinski definition) is 1. The lowest BCUT2D eigenvalue weighted by molar-refractivity contribution is -0.212. The zero-order valence-electron chi connectivity index (χ0n) is 18.3. The Kier molecular flexibility index (Phi) is 5.17. The Morgan fingerprint density at radius 2 is 1.71 bits per heavy atom. The normalized spacial score (nSPS) is 11.9. The van der Waals surface area contributed by atoms with E-state index < -0.39 is 11.9 Å². The van der Waals surface area contributed by atoms with Gasteiger partial charge in [0.15, 0.2) is 0 Å². The number of hydrogen-bond acceptors (Lipinski definition) is 4. The van der Waals surface area contributed by atoms with E-state index in [1.54, 1.807) is 37.9 Å². The highest BCUT2D eigenvalue weighted by Crippen LogP contribution is 2.41. The summed E-state index contributed by atoms with van der Waals surface area (Å²) in [6.07, 6.45) is 3.53. The lowest BCUT2D eigenvalue weighted by atomic mass is 9.96. The third-order valence-corrected chi connectivity index (χ3v) is 6.07. The van der Waals surface area contributed by atoms with E-state index in [1.807, 2.05) is 6.07 Å². The number of halogens is 4. The highest BCUT2D eigenvalue weighted by Gasteiger charge is 2.32. The number of nitrogens with zero attached hydrogens (tertiary/aromatic N) is 5. The minimum absolute atomic E-state index is 0.0345. The van der Waals surface area contributed by atoms with Crippen LogP contribution in [0.3, 0.4) is 0 Å². The Morgan fingerprint density at radius 1 is 0.971 bits per heavy atom. The molecule has 5 aromatic heterocycles. The summed E-state index contributed by atoms with van der Waals surface area (Å²) in [5, 5.41) is 3.66. The quantitative estimate of drug-likeness (QED) is 0.400. The van der Waals surface area contributed by atoms with Crippen LogP contribution < -0.4 is 11.1 Å². The molecule has 0 bridgehead atoms. The first-order valence-electron chi connectivity index (χ1n) is 10.2. The van der Waals surface area contributed by atoms with E-state index in [-0.39, 0.29) is 37.4 Å². The molecule has 5 aromatic rings. The molecule has 0 spiro atoms. The van der Waals surface area contributed by atoms with E-state index in [1.165, 1.54) is 22.2 Å². The van der Waals surface area contributed by atoms with Crippen LogP contribution in [0.15, 0.2) is 65.0 Å². The molecule has 5 rings (SSSR count). The van der Waals surface area contributed by atoms with Crippen molar-refractivity contribution in [2.75, 3.05) is 0 Å². The van der Waals surface area contributed by atoms with Gasteiger partial charge in [-0.2, -0.15) is 9.78 Å². The van der Waals surface area contributed by atoms with Crippen LogP contribution in [0.4, 0.5) is 13.2 Å². The van der Waals surface area contributed by atoms with Gasteiger partial charge in [0.1, 0.15) is 5.52 Å². The number of aryl methyl sites for hydroxylation is 2. The van der Waals surface area contributed by atoms with Crippen LogP contribution in [-0.4, -0.2) is 28.9 Å². The maximum Gasteiger partial charge on any atom is 0.504 e. The minimum Gasteiger partial charge on any atom is -0.349 e. The molecule has 8 nitrogen and oxygen atoms in total. The van der Waals surface area contributed by atoms with Gasteiger partial charge >= 0.3 is 6.30 Å². The first kappa shape index (κ1) is 22.7. The fourth-order valence-corrected chi connectivity index (χ4v) is 4.33. The summed E-state index contributed by atoms with van der Waals surface area (Å²) in [6, 6.07) is 5.00. The second kappa shape index (κ2) is 7.98. The van der Waals surface area contributed by atoms with Gasteiger partial charge in [-0.3, -0.25) is 14.6 Å². The summed E-state index contributed by atoms with van der Waals surface area (Å²) in [5.74, 6) is 0. The fraction of sp³-hybridized carbons (Fsp3) is 0.130. The Bertz CT molecular complexity index is 1710. The van der Waals surface area contributed by atoms with Gasteiger partial charge in [-0.15, -0.1) is 13.2 Å². The first-order valence-corrected chi connectivity index (χ1v) is 10.6. The number of pyridine rings is 3. The van der Waals surface area contributed by atoms with Crippen molar-refractivity contribution in [1.29, 1.82) is 0 Å². The van der Waals surface area contributed by atoms with Crippen molar-refractivity contribution >= 4 is 22.5 Å². The summed E-state index contributed by atoms with van der Waals surface area (Å²) in [5.41, 5.74) is 1.82. The standard InChI is InChI=1S/C23H16ClF3N6O2/c1-31-10-15(12-4-3-5-28-7-12)14(6-17(31)34)16-11-32(2)22(35)21-18(16)19(24)20(30-21)13-8-29-33(9-13)23(25,26)27/h3-11,30H,1-2H3. The van der Waals surface area contributed by atoms with Crippen molar-refractivity contribution in [3.05, 3.63) is 81.1 Å². The molecule has 1 N–H and O–H groups in total. The number of aromatic nitrogens is 6. The summed E-state index contributed by atoms with van der Waals surface area (Å²) in [7, 11) is 3.15. The Labute approximate surface area is 199 Å². The van der Waals surface area contributed by atoms with E-state index >= 15 is 0 Å². The summed E-state index contributed by atoms with van der Waals surface area (Å²) >= 11 is 6.67. The second-order valence-corrected chi connectivity index (χ2v) is 8.33. The molecule has 5 heterocycles. The fourth-order valence-electron chi connectivity index (χ4n) is 3.98. The van der Waals surface area contributed by atoms with Crippen LogP contribution in [0, 0.1) is 0 Å². The summed E-state index contributed by atoms with van der Waals surface area (Å²) < 4.78 is 41.8. The molecule has 35 heavy (non-hydrogen) atoms. The molecule has 178 valence electrons. The molecule has 0 atom stereocenters. The van der Waals surface area contributed by atoms with Gasteiger partial charge in [0.05, 0.1) is 16.9 Å². The van der Waals surface area contributed by atoms with Gasteiger partial charge < -0.3 is 14.1 Å². The average Bonchev–Trinajstić information content (AvgIpc) is 3.44. The number of nitrogens with one attached hydrogen (secondary N) is 1. The summed E-state index contributed by atoms with van der Waals surface area (Å²) in [6.45, 7) is 0. The van der Waals surface area contributed by atoms with Gasteiger partial charge in [0.2, 0.25) is 0 Å². The van der Waals surface area contributed by atoms with Crippen molar-refractivity contribution in [3.63, 3.8) is 0 Å². The molecule has 12 heteroatoms. The van der Waals surface area contributed by atoms with Crippen LogP contribution in [0.5, 0.6) is 0 Å². The lowest BCUT2D eigenvalue weighted by Gasteiger charge is -2.14. The van der Waals surface area contributed by atoms with Gasteiger partial charge in [0.25, 0.3) is 11.1 Å². The average molecular weight is 501 g/mol. The third-order valence-electron chi connectivity index (χ3n) is 5.69. The molecule has 0 amide bonds. The van der Waals surface area contributed by atoms with E-state index in [4.69, 9.17) is 11.6 Å². The van der Waals surface area contributed by atoms with E-state index in [9.17, 15) is 22.8 Å². The zero-order valence-corrected chi connectivity index (χ0v) is 19.0. The summed E-state index contributed by atoms with van der Waals surface area (Å²) in [4.78, 5) is 32.6. The predicted octanol–water partition coefficient (Wildman–Crippen LogP) is 4.29. The van der Waals surface area contributed by atoms with Crippen LogP contribution in [0.1, 0.15) is 0 Å². The minimum atomic E-state index is -4.71. The van der Waals surface area contributed by atoms with Crippen molar-refractivity contribution in [2.45, 2.75) is 6.30 Å².